The van der Waals surface area contributed by atoms with Crippen molar-refractivity contribution in [1.29, 1.82) is 0 Å². The van der Waals surface area contributed by atoms with Crippen LogP contribution in [0.2, 0.25) is 0 Å². The zero-order valence-corrected chi connectivity index (χ0v) is 13.1. The Morgan fingerprint density at radius 3 is 2.90 bits per heavy atom. The zero-order valence-electron chi connectivity index (χ0n) is 12.3. The molecule has 0 aromatic carbocycles. The normalized spacial score (nSPS) is 11.4. The molecule has 0 bridgehead atoms. The van der Waals surface area contributed by atoms with Gasteiger partial charge in [-0.05, 0) is 18.9 Å². The highest BCUT2D eigenvalue weighted by Gasteiger charge is 2.17. The highest BCUT2D eigenvalue weighted by Crippen LogP contribution is 2.29. The van der Waals surface area contributed by atoms with Crippen LogP contribution in [0.4, 0.5) is 0 Å². The zero-order chi connectivity index (χ0) is 14.8. The van der Waals surface area contributed by atoms with E-state index >= 15 is 0 Å². The van der Waals surface area contributed by atoms with Gasteiger partial charge in [0.2, 0.25) is 0 Å². The van der Waals surface area contributed by atoms with Crippen molar-refractivity contribution in [3.63, 3.8) is 0 Å². The molecule has 6 nitrogen and oxygen atoms in total. The van der Waals surface area contributed by atoms with E-state index < -0.39 is 0 Å². The van der Waals surface area contributed by atoms with E-state index in [1.54, 1.807) is 22.2 Å². The van der Waals surface area contributed by atoms with Gasteiger partial charge in [-0.25, -0.2) is 4.98 Å². The van der Waals surface area contributed by atoms with Crippen molar-refractivity contribution in [2.75, 3.05) is 0 Å². The van der Waals surface area contributed by atoms with Crippen LogP contribution in [0.5, 0.6) is 0 Å². The first kappa shape index (κ1) is 13.9. The number of aryl methyl sites for hydroxylation is 1. The van der Waals surface area contributed by atoms with Gasteiger partial charge in [0.05, 0.1) is 10.7 Å². The van der Waals surface area contributed by atoms with E-state index in [0.717, 1.165) is 22.0 Å². The van der Waals surface area contributed by atoms with Gasteiger partial charge in [0, 0.05) is 18.8 Å². The molecule has 0 saturated heterocycles. The molecular formula is C14H17N5OS. The summed E-state index contributed by atoms with van der Waals surface area (Å²) in [6, 6.07) is 1.87. The molecule has 3 rings (SSSR count). The van der Waals surface area contributed by atoms with Gasteiger partial charge in [0.25, 0.3) is 5.89 Å². The number of rotatable bonds is 5. The van der Waals surface area contributed by atoms with E-state index in [1.807, 2.05) is 19.2 Å². The van der Waals surface area contributed by atoms with E-state index in [1.165, 1.54) is 0 Å². The molecule has 0 N–H and O–H groups in total. The summed E-state index contributed by atoms with van der Waals surface area (Å²) in [4.78, 5) is 9.99. The molecule has 0 aliphatic carbocycles. The summed E-state index contributed by atoms with van der Waals surface area (Å²) < 4.78 is 7.13. The minimum absolute atomic E-state index is 0.507. The SMILES string of the molecule is Cc1nc(CC(C)C)sc1-c1nc(Cn2cccn2)no1. The fourth-order valence-electron chi connectivity index (χ4n) is 2.04. The molecule has 0 aliphatic rings. The van der Waals surface area contributed by atoms with Crippen molar-refractivity contribution in [3.8, 4) is 10.8 Å². The van der Waals surface area contributed by atoms with Crippen molar-refractivity contribution < 1.29 is 4.52 Å². The molecule has 3 aromatic rings. The van der Waals surface area contributed by atoms with Crippen LogP contribution >= 0.6 is 11.3 Å². The van der Waals surface area contributed by atoms with Crippen LogP contribution in [0.1, 0.15) is 30.4 Å². The Hall–Kier alpha value is -2.02. The van der Waals surface area contributed by atoms with Crippen LogP contribution in [0, 0.1) is 12.8 Å². The second kappa shape index (κ2) is 5.77. The van der Waals surface area contributed by atoms with Crippen LogP contribution < -0.4 is 0 Å². The maximum atomic E-state index is 5.37. The molecule has 110 valence electrons. The quantitative estimate of drug-likeness (QED) is 0.725. The van der Waals surface area contributed by atoms with E-state index in [2.05, 4.69) is 34.1 Å². The number of nitrogens with zero attached hydrogens (tertiary/aromatic N) is 5. The lowest BCUT2D eigenvalue weighted by molar-refractivity contribution is 0.419. The second-order valence-electron chi connectivity index (χ2n) is 5.34. The first-order chi connectivity index (χ1) is 10.1. The number of hydrogen-bond donors (Lipinski definition) is 0. The minimum Gasteiger partial charge on any atom is -0.333 e. The highest BCUT2D eigenvalue weighted by molar-refractivity contribution is 7.15. The molecular weight excluding hydrogens is 286 g/mol. The molecule has 0 saturated carbocycles. The topological polar surface area (TPSA) is 69.6 Å². The molecule has 21 heavy (non-hydrogen) atoms. The summed E-state index contributed by atoms with van der Waals surface area (Å²) in [5.74, 6) is 1.75. The average molecular weight is 303 g/mol. The van der Waals surface area contributed by atoms with E-state index in [-0.39, 0.29) is 0 Å². The maximum absolute atomic E-state index is 5.37. The number of thiazole rings is 1. The molecule has 0 unspecified atom stereocenters. The van der Waals surface area contributed by atoms with Gasteiger partial charge in [-0.1, -0.05) is 19.0 Å². The highest BCUT2D eigenvalue weighted by atomic mass is 32.1. The predicted octanol–water partition coefficient (Wildman–Crippen LogP) is 2.94. The van der Waals surface area contributed by atoms with Gasteiger partial charge in [-0.3, -0.25) is 4.68 Å². The van der Waals surface area contributed by atoms with Crippen LogP contribution in [0.15, 0.2) is 23.0 Å². The summed E-state index contributed by atoms with van der Waals surface area (Å²) >= 11 is 1.63. The second-order valence-corrected chi connectivity index (χ2v) is 6.42. The monoisotopic (exact) mass is 303 g/mol. The fourth-order valence-corrected chi connectivity index (χ4v) is 3.23. The maximum Gasteiger partial charge on any atom is 0.269 e. The molecule has 0 radical (unpaired) electrons. The summed E-state index contributed by atoms with van der Waals surface area (Å²) in [6.45, 7) is 6.86. The van der Waals surface area contributed by atoms with Crippen molar-refractivity contribution in [2.24, 2.45) is 5.92 Å². The van der Waals surface area contributed by atoms with Gasteiger partial charge < -0.3 is 4.52 Å². The summed E-state index contributed by atoms with van der Waals surface area (Å²) in [6.07, 6.45) is 4.57. The lowest BCUT2D eigenvalue weighted by atomic mass is 10.1. The molecule has 3 aromatic heterocycles. The van der Waals surface area contributed by atoms with Gasteiger partial charge in [0.15, 0.2) is 5.82 Å². The average Bonchev–Trinajstić information content (AvgIpc) is 3.11. The predicted molar refractivity (Wildman–Crippen MR) is 80.0 cm³/mol. The number of aromatic nitrogens is 5. The Morgan fingerprint density at radius 1 is 1.33 bits per heavy atom. The van der Waals surface area contributed by atoms with Crippen LogP contribution in [-0.2, 0) is 13.0 Å². The van der Waals surface area contributed by atoms with Crippen molar-refractivity contribution in [3.05, 3.63) is 35.0 Å². The van der Waals surface area contributed by atoms with Gasteiger partial charge >= 0.3 is 0 Å². The molecule has 0 atom stereocenters. The molecule has 7 heteroatoms. The third-order valence-electron chi connectivity index (χ3n) is 2.95. The Labute approximate surface area is 126 Å². The summed E-state index contributed by atoms with van der Waals surface area (Å²) in [5, 5.41) is 9.26. The molecule has 0 spiro atoms. The Morgan fingerprint density at radius 2 is 2.19 bits per heavy atom. The first-order valence-electron chi connectivity index (χ1n) is 6.88. The third kappa shape index (κ3) is 3.18. The molecule has 3 heterocycles. The molecule has 0 amide bonds. The standard InChI is InChI=1S/C14H17N5OS/c1-9(2)7-12-16-10(3)13(21-12)14-17-11(18-20-14)8-19-6-4-5-15-19/h4-6,9H,7-8H2,1-3H3. The summed E-state index contributed by atoms with van der Waals surface area (Å²) in [5.41, 5.74) is 0.949. The van der Waals surface area contributed by atoms with E-state index in [0.29, 0.717) is 24.2 Å². The summed E-state index contributed by atoms with van der Waals surface area (Å²) in [7, 11) is 0. The van der Waals surface area contributed by atoms with Gasteiger partial charge in [-0.15, -0.1) is 11.3 Å². The van der Waals surface area contributed by atoms with Crippen LogP contribution in [-0.4, -0.2) is 24.9 Å². The molecule has 0 aliphatic heterocycles. The largest absolute Gasteiger partial charge is 0.333 e. The Balaban J connectivity index is 1.81. The van der Waals surface area contributed by atoms with Crippen LogP contribution in [0.25, 0.3) is 10.8 Å². The van der Waals surface area contributed by atoms with Crippen LogP contribution in [0.3, 0.4) is 0 Å². The van der Waals surface area contributed by atoms with Gasteiger partial charge in [0.1, 0.15) is 11.4 Å². The van der Waals surface area contributed by atoms with E-state index in [4.69, 9.17) is 4.52 Å². The van der Waals surface area contributed by atoms with Crippen molar-refractivity contribution in [2.45, 2.75) is 33.7 Å². The molecule has 0 fully saturated rings. The van der Waals surface area contributed by atoms with Gasteiger partial charge in [-0.2, -0.15) is 10.1 Å². The van der Waals surface area contributed by atoms with E-state index in [9.17, 15) is 0 Å². The third-order valence-corrected chi connectivity index (χ3v) is 4.12. The smallest absolute Gasteiger partial charge is 0.269 e. The Bertz CT molecular complexity index is 714. The minimum atomic E-state index is 0.507. The van der Waals surface area contributed by atoms with Crippen molar-refractivity contribution >= 4 is 11.3 Å². The fraction of sp³-hybridized carbons (Fsp3) is 0.429. The lowest BCUT2D eigenvalue weighted by Gasteiger charge is -1.97. The first-order valence-corrected chi connectivity index (χ1v) is 7.70. The number of hydrogen-bond acceptors (Lipinski definition) is 6. The Kier molecular flexibility index (Phi) is 3.83. The lowest BCUT2D eigenvalue weighted by Crippen LogP contribution is -2.01. The van der Waals surface area contributed by atoms with Crippen molar-refractivity contribution in [1.82, 2.24) is 24.9 Å².